The average molecular weight is 553 g/mol. The van der Waals surface area contributed by atoms with Crippen LogP contribution in [0, 0.1) is 0 Å². The highest BCUT2D eigenvalue weighted by Gasteiger charge is 2.28. The number of ether oxygens (including phenoxy) is 2. The van der Waals surface area contributed by atoms with Gasteiger partial charge < -0.3 is 14.5 Å². The molecule has 39 heavy (non-hydrogen) atoms. The number of nitrogens with one attached hydrogen (secondary N) is 1. The summed E-state index contributed by atoms with van der Waals surface area (Å²) >= 11 is 0. The third-order valence-electron chi connectivity index (χ3n) is 6.50. The lowest BCUT2D eigenvalue weighted by Gasteiger charge is -2.26. The van der Waals surface area contributed by atoms with Gasteiger partial charge in [0.05, 0.1) is 48.2 Å². The van der Waals surface area contributed by atoms with E-state index in [4.69, 9.17) is 14.5 Å². The van der Waals surface area contributed by atoms with Crippen LogP contribution in [0.3, 0.4) is 0 Å². The van der Waals surface area contributed by atoms with Crippen molar-refractivity contribution in [2.24, 2.45) is 0 Å². The van der Waals surface area contributed by atoms with Gasteiger partial charge in [0.2, 0.25) is 10.0 Å². The summed E-state index contributed by atoms with van der Waals surface area (Å²) in [4.78, 5) is 25.4. The van der Waals surface area contributed by atoms with Gasteiger partial charge in [-0.25, -0.2) is 13.4 Å². The number of fused-ring (bicyclic) bond motifs is 1. The molecule has 4 aromatic rings. The van der Waals surface area contributed by atoms with E-state index in [0.717, 1.165) is 24.2 Å². The van der Waals surface area contributed by atoms with E-state index in [2.05, 4.69) is 22.0 Å². The maximum Gasteiger partial charge on any atom is 0.279 e. The highest BCUT2D eigenvalue weighted by atomic mass is 32.2. The number of aromatic amines is 1. The van der Waals surface area contributed by atoms with Gasteiger partial charge in [-0.2, -0.15) is 9.40 Å². The normalized spacial score (nSPS) is 14.6. The van der Waals surface area contributed by atoms with E-state index < -0.39 is 15.6 Å². The van der Waals surface area contributed by atoms with Gasteiger partial charge in [-0.3, -0.25) is 14.5 Å². The van der Waals surface area contributed by atoms with Crippen LogP contribution in [0.4, 0.5) is 0 Å². The molecular weight excluding hydrogens is 520 g/mol. The number of rotatable bonds is 10. The van der Waals surface area contributed by atoms with Crippen molar-refractivity contribution in [3.63, 3.8) is 0 Å². The molecule has 0 bridgehead atoms. The number of nitrogens with zero attached hydrogens (tertiary/aromatic N) is 5. The molecule has 0 amide bonds. The van der Waals surface area contributed by atoms with E-state index >= 15 is 0 Å². The highest BCUT2D eigenvalue weighted by Crippen LogP contribution is 2.32. The summed E-state index contributed by atoms with van der Waals surface area (Å²) in [6.45, 7) is 6.11. The van der Waals surface area contributed by atoms with Crippen LogP contribution in [-0.2, 0) is 27.7 Å². The molecule has 1 aliphatic heterocycles. The number of sulfonamides is 1. The predicted octanol–water partition coefficient (Wildman–Crippen LogP) is 2.99. The molecule has 0 radical (unpaired) electrons. The summed E-state index contributed by atoms with van der Waals surface area (Å²) in [7, 11) is -3.78. The second-order valence-corrected chi connectivity index (χ2v) is 11.2. The maximum atomic E-state index is 13.4. The van der Waals surface area contributed by atoms with Crippen molar-refractivity contribution >= 4 is 21.1 Å². The molecule has 1 aromatic carbocycles. The fraction of sp³-hybridized carbons (Fsp3) is 0.407. The van der Waals surface area contributed by atoms with E-state index in [1.54, 1.807) is 16.9 Å². The lowest BCUT2D eigenvalue weighted by molar-refractivity contribution is 0.0730. The van der Waals surface area contributed by atoms with Crippen molar-refractivity contribution in [3.05, 3.63) is 64.3 Å². The van der Waals surface area contributed by atoms with E-state index in [-0.39, 0.29) is 29.3 Å². The first-order chi connectivity index (χ1) is 18.9. The van der Waals surface area contributed by atoms with Gasteiger partial charge in [0.15, 0.2) is 5.52 Å². The van der Waals surface area contributed by atoms with Crippen LogP contribution in [0.25, 0.3) is 22.4 Å². The molecule has 1 fully saturated rings. The summed E-state index contributed by atoms with van der Waals surface area (Å²) < 4.78 is 41.3. The molecule has 1 aliphatic rings. The summed E-state index contributed by atoms with van der Waals surface area (Å²) in [5.74, 6) is 0.672. The quantitative estimate of drug-likeness (QED) is 0.318. The van der Waals surface area contributed by atoms with Crippen molar-refractivity contribution in [2.75, 3.05) is 32.9 Å². The number of pyridine rings is 1. The average Bonchev–Trinajstić information content (AvgIpc) is 3.30. The van der Waals surface area contributed by atoms with E-state index in [0.29, 0.717) is 49.6 Å². The Kier molecular flexibility index (Phi) is 8.05. The van der Waals surface area contributed by atoms with Gasteiger partial charge in [0, 0.05) is 19.3 Å². The Morgan fingerprint density at radius 2 is 1.90 bits per heavy atom. The molecule has 11 nitrogen and oxygen atoms in total. The summed E-state index contributed by atoms with van der Waals surface area (Å²) in [5.41, 5.74) is 2.33. The standard InChI is InChI=1S/C27H32N6O5S/c1-3-7-22-24-25(31-33(22)18-19-8-5-6-11-28-19)27(34)30-26(29-24)21-17-20(9-10-23(21)38-14-4-2)39(35,36)32-12-15-37-16-13-32/h5-6,8-11,17H,3-4,7,12-16,18H2,1-2H3,(H,29,30,34). The first-order valence-electron chi connectivity index (χ1n) is 13.2. The zero-order chi connectivity index (χ0) is 27.4. The summed E-state index contributed by atoms with van der Waals surface area (Å²) in [6.07, 6.45) is 3.96. The molecular formula is C27H32N6O5S. The van der Waals surface area contributed by atoms with Crippen molar-refractivity contribution < 1.29 is 17.9 Å². The zero-order valence-electron chi connectivity index (χ0n) is 22.1. The van der Waals surface area contributed by atoms with Gasteiger partial charge in [-0.05, 0) is 43.2 Å². The van der Waals surface area contributed by atoms with Crippen LogP contribution in [0.15, 0.2) is 52.3 Å². The lowest BCUT2D eigenvalue weighted by Crippen LogP contribution is -2.40. The third-order valence-corrected chi connectivity index (χ3v) is 8.40. The molecule has 12 heteroatoms. The van der Waals surface area contributed by atoms with Crippen LogP contribution in [-0.4, -0.2) is 70.4 Å². The number of benzene rings is 1. The van der Waals surface area contributed by atoms with Gasteiger partial charge in [-0.15, -0.1) is 0 Å². The van der Waals surface area contributed by atoms with Gasteiger partial charge in [-0.1, -0.05) is 26.3 Å². The second-order valence-electron chi connectivity index (χ2n) is 9.31. The summed E-state index contributed by atoms with van der Waals surface area (Å²) in [6, 6.07) is 10.3. The smallest absolute Gasteiger partial charge is 0.279 e. The molecule has 1 saturated heterocycles. The lowest BCUT2D eigenvalue weighted by atomic mass is 10.1. The number of morpholine rings is 1. The Bertz CT molecular complexity index is 1610. The minimum Gasteiger partial charge on any atom is -0.493 e. The number of hydrogen-bond acceptors (Lipinski definition) is 8. The van der Waals surface area contributed by atoms with Gasteiger partial charge >= 0.3 is 0 Å². The van der Waals surface area contributed by atoms with Crippen LogP contribution in [0.2, 0.25) is 0 Å². The van der Waals surface area contributed by atoms with Crippen LogP contribution < -0.4 is 10.3 Å². The van der Waals surface area contributed by atoms with Crippen molar-refractivity contribution in [1.29, 1.82) is 0 Å². The topological polar surface area (TPSA) is 132 Å². The molecule has 1 N–H and O–H groups in total. The molecule has 0 unspecified atom stereocenters. The zero-order valence-corrected chi connectivity index (χ0v) is 22.9. The van der Waals surface area contributed by atoms with E-state index in [1.165, 1.54) is 16.4 Å². The molecule has 5 rings (SSSR count). The molecule has 206 valence electrons. The molecule has 3 aromatic heterocycles. The molecule has 0 aliphatic carbocycles. The Labute approximate surface area is 226 Å². The van der Waals surface area contributed by atoms with Crippen LogP contribution in [0.5, 0.6) is 5.75 Å². The minimum absolute atomic E-state index is 0.102. The van der Waals surface area contributed by atoms with Crippen molar-refractivity contribution in [2.45, 2.75) is 44.6 Å². The maximum absolute atomic E-state index is 13.4. The number of H-pyrrole nitrogens is 1. The predicted molar refractivity (Wildman–Crippen MR) is 146 cm³/mol. The van der Waals surface area contributed by atoms with Gasteiger partial charge in [0.1, 0.15) is 17.1 Å². The van der Waals surface area contributed by atoms with Crippen molar-refractivity contribution in [1.82, 2.24) is 29.0 Å². The Hall–Kier alpha value is -3.61. The second kappa shape index (κ2) is 11.6. The summed E-state index contributed by atoms with van der Waals surface area (Å²) in [5, 5.41) is 4.58. The Morgan fingerprint density at radius 3 is 2.62 bits per heavy atom. The minimum atomic E-state index is -3.78. The molecule has 4 heterocycles. The SMILES string of the molecule is CCCOc1ccc(S(=O)(=O)N2CCOCC2)cc1-c1nc2c(CCC)n(Cc3ccccn3)nc2c(=O)[nH]1. The molecule has 0 saturated carbocycles. The molecule has 0 atom stereocenters. The number of hydrogen-bond donors (Lipinski definition) is 1. The third kappa shape index (κ3) is 5.58. The van der Waals surface area contributed by atoms with Crippen LogP contribution >= 0.6 is 0 Å². The van der Waals surface area contributed by atoms with Crippen molar-refractivity contribution in [3.8, 4) is 17.1 Å². The van der Waals surface area contributed by atoms with Gasteiger partial charge in [0.25, 0.3) is 5.56 Å². The first-order valence-corrected chi connectivity index (χ1v) is 14.6. The fourth-order valence-electron chi connectivity index (χ4n) is 4.58. The number of aryl methyl sites for hydroxylation is 1. The monoisotopic (exact) mass is 552 g/mol. The van der Waals surface area contributed by atoms with E-state index in [1.807, 2.05) is 25.1 Å². The highest BCUT2D eigenvalue weighted by molar-refractivity contribution is 7.89. The van der Waals surface area contributed by atoms with E-state index in [9.17, 15) is 13.2 Å². The largest absolute Gasteiger partial charge is 0.493 e. The Morgan fingerprint density at radius 1 is 1.08 bits per heavy atom. The molecule has 0 spiro atoms. The van der Waals surface area contributed by atoms with Crippen LogP contribution in [0.1, 0.15) is 38.1 Å². The first kappa shape index (κ1) is 27.0. The fourth-order valence-corrected chi connectivity index (χ4v) is 6.02. The Balaban J connectivity index is 1.64. The number of aromatic nitrogens is 5.